The van der Waals surface area contributed by atoms with Gasteiger partial charge in [-0.3, -0.25) is 0 Å². The Morgan fingerprint density at radius 3 is 2.30 bits per heavy atom. The average molecular weight is 386 g/mol. The van der Waals surface area contributed by atoms with Crippen LogP contribution in [0.25, 0.3) is 11.1 Å². The van der Waals surface area contributed by atoms with Gasteiger partial charge in [0.15, 0.2) is 0 Å². The maximum absolute atomic E-state index is 13.8. The van der Waals surface area contributed by atoms with Crippen LogP contribution in [0, 0.1) is 0 Å². The molecule has 2 aromatic rings. The first-order valence-corrected chi connectivity index (χ1v) is 7.95. The normalized spacial score (nSPS) is 16.4. The summed E-state index contributed by atoms with van der Waals surface area (Å²) in [6.07, 6.45) is -4.41. The summed E-state index contributed by atoms with van der Waals surface area (Å²) in [6.45, 7) is 0.942. The van der Waals surface area contributed by atoms with Gasteiger partial charge in [0.2, 0.25) is 0 Å². The number of nitrogens with zero attached hydrogens (tertiary/aromatic N) is 1. The first kappa shape index (κ1) is 16.5. The van der Waals surface area contributed by atoms with Crippen molar-refractivity contribution >= 4 is 15.9 Å². The molecule has 1 aliphatic rings. The number of benzene rings is 2. The third kappa shape index (κ3) is 3.16. The van der Waals surface area contributed by atoms with Crippen LogP contribution in [0.4, 0.5) is 13.2 Å². The fourth-order valence-electron chi connectivity index (χ4n) is 2.91. The summed E-state index contributed by atoms with van der Waals surface area (Å²) in [5.41, 5.74) is 0.537. The van der Waals surface area contributed by atoms with Crippen molar-refractivity contribution < 1.29 is 18.0 Å². The van der Waals surface area contributed by atoms with Gasteiger partial charge in [-0.2, -0.15) is 18.2 Å². The first-order chi connectivity index (χ1) is 10.9. The van der Waals surface area contributed by atoms with Gasteiger partial charge in [0.05, 0.1) is 12.7 Å². The van der Waals surface area contributed by atoms with Crippen molar-refractivity contribution in [3.8, 4) is 11.1 Å². The van der Waals surface area contributed by atoms with Crippen LogP contribution in [0.2, 0.25) is 0 Å². The molecule has 0 unspecified atom stereocenters. The molecule has 23 heavy (non-hydrogen) atoms. The third-order valence-electron chi connectivity index (χ3n) is 4.09. The molecule has 0 spiro atoms. The second-order valence-electron chi connectivity index (χ2n) is 5.47. The van der Waals surface area contributed by atoms with Crippen LogP contribution in [-0.2, 0) is 11.0 Å². The Labute approximate surface area is 140 Å². The van der Waals surface area contributed by atoms with Crippen molar-refractivity contribution in [3.05, 3.63) is 58.1 Å². The largest absolute Gasteiger partial charge is 0.417 e. The quantitative estimate of drug-likeness (QED) is 0.728. The van der Waals surface area contributed by atoms with E-state index >= 15 is 0 Å². The molecule has 1 fully saturated rings. The van der Waals surface area contributed by atoms with E-state index in [2.05, 4.69) is 15.9 Å². The molecule has 122 valence electrons. The second-order valence-corrected chi connectivity index (χ2v) is 6.33. The monoisotopic (exact) mass is 385 g/mol. The predicted molar refractivity (Wildman–Crippen MR) is 85.9 cm³/mol. The third-order valence-corrected chi connectivity index (χ3v) is 4.78. The van der Waals surface area contributed by atoms with E-state index in [1.165, 1.54) is 13.2 Å². The number of halogens is 4. The second kappa shape index (κ2) is 6.26. The lowest BCUT2D eigenvalue weighted by Gasteiger charge is -2.38. The van der Waals surface area contributed by atoms with Gasteiger partial charge in [-0.15, -0.1) is 0 Å². The predicted octanol–water partition coefficient (Wildman–Crippen LogP) is 5.10. The summed E-state index contributed by atoms with van der Waals surface area (Å²) in [5, 5.41) is 1.65. The molecular weight excluding hydrogens is 371 g/mol. The molecular formula is C17H15BrF3NO. The lowest BCUT2D eigenvalue weighted by Crippen LogP contribution is -2.44. The fourth-order valence-corrected chi connectivity index (χ4v) is 3.41. The number of alkyl halides is 3. The number of rotatable bonds is 3. The molecule has 0 N–H and O–H groups in total. The van der Waals surface area contributed by atoms with Crippen molar-refractivity contribution in [1.29, 1.82) is 0 Å². The SMILES string of the molecule is CON1CC(c2cccc(-c3ccccc3Br)c2C(F)(F)F)C1. The molecule has 0 atom stereocenters. The fraction of sp³-hybridized carbons (Fsp3) is 0.294. The van der Waals surface area contributed by atoms with E-state index in [-0.39, 0.29) is 11.5 Å². The Kier molecular flexibility index (Phi) is 4.49. The zero-order chi connectivity index (χ0) is 16.6. The number of hydrogen-bond acceptors (Lipinski definition) is 2. The van der Waals surface area contributed by atoms with E-state index in [1.807, 2.05) is 0 Å². The first-order valence-electron chi connectivity index (χ1n) is 7.16. The minimum absolute atomic E-state index is 0.172. The Bertz CT molecular complexity index is 711. The molecule has 1 aliphatic heterocycles. The maximum Gasteiger partial charge on any atom is 0.417 e. The molecule has 1 heterocycles. The van der Waals surface area contributed by atoms with Gasteiger partial charge < -0.3 is 4.84 Å². The topological polar surface area (TPSA) is 12.5 Å². The highest BCUT2D eigenvalue weighted by Crippen LogP contribution is 2.44. The molecule has 1 saturated heterocycles. The molecule has 0 amide bonds. The van der Waals surface area contributed by atoms with Crippen LogP contribution in [0.1, 0.15) is 17.0 Å². The van der Waals surface area contributed by atoms with Crippen LogP contribution in [0.5, 0.6) is 0 Å². The highest BCUT2D eigenvalue weighted by atomic mass is 79.9. The summed E-state index contributed by atoms with van der Waals surface area (Å²) >= 11 is 3.35. The minimum Gasteiger partial charge on any atom is -0.302 e. The standard InChI is InChI=1S/C17H15BrF3NO/c1-23-22-9-11(10-22)12-6-4-7-14(16(12)17(19,20)21)13-5-2-3-8-15(13)18/h2-8,11H,9-10H2,1H3. The molecule has 6 heteroatoms. The van der Waals surface area contributed by atoms with Crippen molar-refractivity contribution in [2.75, 3.05) is 20.2 Å². The number of hydroxylamine groups is 2. The van der Waals surface area contributed by atoms with Gasteiger partial charge in [0.1, 0.15) is 0 Å². The zero-order valence-electron chi connectivity index (χ0n) is 12.4. The maximum atomic E-state index is 13.8. The molecule has 0 radical (unpaired) electrons. The molecule has 2 aromatic carbocycles. The van der Waals surface area contributed by atoms with Crippen molar-refractivity contribution in [3.63, 3.8) is 0 Å². The molecule has 0 bridgehead atoms. The lowest BCUT2D eigenvalue weighted by molar-refractivity contribution is -0.183. The van der Waals surface area contributed by atoms with Crippen LogP contribution >= 0.6 is 15.9 Å². The molecule has 3 rings (SSSR count). The van der Waals surface area contributed by atoms with E-state index in [0.717, 1.165) is 0 Å². The smallest absolute Gasteiger partial charge is 0.302 e. The van der Waals surface area contributed by atoms with Crippen molar-refractivity contribution in [2.45, 2.75) is 12.1 Å². The Hall–Kier alpha value is -1.37. The van der Waals surface area contributed by atoms with Crippen molar-refractivity contribution in [2.24, 2.45) is 0 Å². The average Bonchev–Trinajstić information content (AvgIpc) is 2.45. The van der Waals surface area contributed by atoms with E-state index in [0.29, 0.717) is 28.7 Å². The van der Waals surface area contributed by atoms with Crippen LogP contribution < -0.4 is 0 Å². The van der Waals surface area contributed by atoms with Crippen LogP contribution in [0.15, 0.2) is 46.9 Å². The minimum atomic E-state index is -4.41. The van der Waals surface area contributed by atoms with E-state index in [4.69, 9.17) is 4.84 Å². The van der Waals surface area contributed by atoms with E-state index in [1.54, 1.807) is 41.5 Å². The summed E-state index contributed by atoms with van der Waals surface area (Å²) in [5.74, 6) is -0.172. The summed E-state index contributed by atoms with van der Waals surface area (Å²) in [4.78, 5) is 5.04. The van der Waals surface area contributed by atoms with E-state index in [9.17, 15) is 13.2 Å². The highest BCUT2D eigenvalue weighted by Gasteiger charge is 2.41. The molecule has 2 nitrogen and oxygen atoms in total. The zero-order valence-corrected chi connectivity index (χ0v) is 14.0. The summed E-state index contributed by atoms with van der Waals surface area (Å²) in [6, 6.07) is 11.8. The van der Waals surface area contributed by atoms with Gasteiger partial charge in [0, 0.05) is 23.5 Å². The van der Waals surface area contributed by atoms with Gasteiger partial charge >= 0.3 is 6.18 Å². The Morgan fingerprint density at radius 2 is 1.70 bits per heavy atom. The van der Waals surface area contributed by atoms with Gasteiger partial charge in [-0.05, 0) is 22.8 Å². The lowest BCUT2D eigenvalue weighted by atomic mass is 9.85. The molecule has 0 aromatic heterocycles. The van der Waals surface area contributed by atoms with Gasteiger partial charge in [-0.1, -0.05) is 52.3 Å². The number of hydrogen-bond donors (Lipinski definition) is 0. The molecule has 0 aliphatic carbocycles. The highest BCUT2D eigenvalue weighted by molar-refractivity contribution is 9.10. The van der Waals surface area contributed by atoms with Gasteiger partial charge in [0.25, 0.3) is 0 Å². The van der Waals surface area contributed by atoms with Crippen LogP contribution in [-0.4, -0.2) is 25.3 Å². The summed E-state index contributed by atoms with van der Waals surface area (Å²) in [7, 11) is 1.53. The van der Waals surface area contributed by atoms with Crippen LogP contribution in [0.3, 0.4) is 0 Å². The Balaban J connectivity index is 2.12. The van der Waals surface area contributed by atoms with E-state index < -0.39 is 11.7 Å². The van der Waals surface area contributed by atoms with Gasteiger partial charge in [-0.25, -0.2) is 0 Å². The van der Waals surface area contributed by atoms with Crippen molar-refractivity contribution in [1.82, 2.24) is 5.06 Å². The molecule has 0 saturated carbocycles. The Morgan fingerprint density at radius 1 is 1.04 bits per heavy atom. The summed E-state index contributed by atoms with van der Waals surface area (Å²) < 4.78 is 41.9.